The van der Waals surface area contributed by atoms with Crippen LogP contribution in [0.1, 0.15) is 53.4 Å². The van der Waals surface area contributed by atoms with Gasteiger partial charge in [0.15, 0.2) is 0 Å². The number of amides is 1. The van der Waals surface area contributed by atoms with Gasteiger partial charge in [-0.3, -0.25) is 4.79 Å². The van der Waals surface area contributed by atoms with E-state index in [1.807, 2.05) is 26.8 Å². The zero-order valence-corrected chi connectivity index (χ0v) is 17.2. The molecule has 0 aromatic heterocycles. The number of nitrogens with one attached hydrogen (secondary N) is 1. The largest absolute Gasteiger partial charge is 0.497 e. The summed E-state index contributed by atoms with van der Waals surface area (Å²) in [4.78, 5) is 12.7. The maximum atomic E-state index is 12.7. The van der Waals surface area contributed by atoms with Crippen LogP contribution in [0, 0.1) is 30.1 Å². The van der Waals surface area contributed by atoms with Crippen LogP contribution in [-0.2, 0) is 9.53 Å². The van der Waals surface area contributed by atoms with E-state index in [-0.39, 0.29) is 17.9 Å². The van der Waals surface area contributed by atoms with Crippen LogP contribution in [0.5, 0.6) is 0 Å². The number of ether oxygens (including phenoxy) is 1. The molecule has 4 nitrogen and oxygen atoms in total. The van der Waals surface area contributed by atoms with Crippen molar-refractivity contribution in [1.29, 1.82) is 0 Å². The van der Waals surface area contributed by atoms with E-state index in [0.29, 0.717) is 17.9 Å². The highest BCUT2D eigenvalue weighted by Gasteiger charge is 2.28. The minimum Gasteiger partial charge on any atom is -0.497 e. The molecule has 0 saturated heterocycles. The summed E-state index contributed by atoms with van der Waals surface area (Å²) in [7, 11) is 0. The van der Waals surface area contributed by atoms with Gasteiger partial charge in [0.05, 0.1) is 6.61 Å². The minimum atomic E-state index is -0.484. The van der Waals surface area contributed by atoms with Crippen LogP contribution in [0.2, 0.25) is 0 Å². The summed E-state index contributed by atoms with van der Waals surface area (Å²) < 4.78 is 5.52. The van der Waals surface area contributed by atoms with Crippen molar-refractivity contribution < 1.29 is 9.53 Å². The lowest BCUT2D eigenvalue weighted by atomic mass is 9.92. The number of carbonyl (C=O) groups is 1. The molecule has 0 aliphatic carbocycles. The van der Waals surface area contributed by atoms with Crippen LogP contribution in [-0.4, -0.2) is 24.6 Å². The monoisotopic (exact) mass is 370 g/mol. The molecule has 0 saturated carbocycles. The quantitative estimate of drug-likeness (QED) is 0.181. The number of carbonyl (C=O) groups excluding carboxylic acids is 1. The van der Waals surface area contributed by atoms with Crippen molar-refractivity contribution in [2.75, 3.05) is 6.61 Å². The smallest absolute Gasteiger partial charge is 0.252 e. The molecule has 0 radical (unpaired) electrons. The molecule has 0 fully saturated rings. The predicted molar refractivity (Wildman–Crippen MR) is 113 cm³/mol. The number of rotatable bonds is 12. The summed E-state index contributed by atoms with van der Waals surface area (Å²) in [6, 6.07) is -0.788. The molecular weight excluding hydrogens is 336 g/mol. The molecule has 0 aromatic carbocycles. The molecule has 0 rings (SSSR count). The zero-order valence-electron chi connectivity index (χ0n) is 17.2. The number of unbranched alkanes of at least 4 members (excludes halogenated alkanes) is 2. The first-order chi connectivity index (χ1) is 12.9. The van der Waals surface area contributed by atoms with E-state index in [2.05, 4.69) is 36.6 Å². The molecule has 3 unspecified atom stereocenters. The second-order valence-corrected chi connectivity index (χ2v) is 6.30. The average Bonchev–Trinajstić information content (AvgIpc) is 2.66. The van der Waals surface area contributed by atoms with Crippen LogP contribution < -0.4 is 11.1 Å². The van der Waals surface area contributed by atoms with Gasteiger partial charge in [-0.05, 0) is 32.6 Å². The van der Waals surface area contributed by atoms with Gasteiger partial charge in [0.2, 0.25) is 0 Å². The Bertz CT molecular complexity index is 629. The molecule has 3 N–H and O–H groups in total. The van der Waals surface area contributed by atoms with Crippen LogP contribution in [0.15, 0.2) is 36.1 Å². The molecule has 0 aromatic rings. The number of hydrogen-bond donors (Lipinski definition) is 2. The molecular formula is C23H34N2O2. The second kappa shape index (κ2) is 14.7. The van der Waals surface area contributed by atoms with Crippen molar-refractivity contribution >= 4 is 5.91 Å². The Morgan fingerprint density at radius 2 is 2.11 bits per heavy atom. The average molecular weight is 371 g/mol. The zero-order chi connectivity index (χ0) is 20.7. The van der Waals surface area contributed by atoms with E-state index in [0.717, 1.165) is 25.7 Å². The Morgan fingerprint density at radius 1 is 1.41 bits per heavy atom. The van der Waals surface area contributed by atoms with Crippen LogP contribution in [0.3, 0.4) is 0 Å². The van der Waals surface area contributed by atoms with Gasteiger partial charge in [0, 0.05) is 24.1 Å². The molecule has 4 heteroatoms. The van der Waals surface area contributed by atoms with E-state index in [1.54, 1.807) is 6.08 Å². The van der Waals surface area contributed by atoms with Gasteiger partial charge < -0.3 is 15.8 Å². The Balaban J connectivity index is 5.18. The molecule has 0 heterocycles. The van der Waals surface area contributed by atoms with Gasteiger partial charge in [-0.2, -0.15) is 0 Å². The highest BCUT2D eigenvalue weighted by atomic mass is 16.5. The molecule has 0 spiro atoms. The SMILES string of the molecule is C#C/C=C(\C=C/CCCC#CC)C(=O)NC(C(=C)OCC)C(N)C(C)CC. The van der Waals surface area contributed by atoms with Crippen LogP contribution in [0.4, 0.5) is 0 Å². The summed E-state index contributed by atoms with van der Waals surface area (Å²) in [5, 5.41) is 2.94. The standard InChI is InChI=1S/C23H34N2O2/c1-7-11-12-13-14-15-17-20(16-8-2)23(26)25-22(19(6)27-10-4)21(24)18(5)9-3/h2,15-18,21-22H,6,9-10,12-14,24H2,1,3-5H3,(H,25,26)/b17-15-,20-16+. The normalized spacial score (nSPS) is 14.4. The fourth-order valence-electron chi connectivity index (χ4n) is 2.41. The number of nitrogens with two attached hydrogens (primary N) is 1. The fourth-order valence-corrected chi connectivity index (χ4v) is 2.41. The first kappa shape index (κ1) is 24.6. The third-order valence-electron chi connectivity index (χ3n) is 4.30. The van der Waals surface area contributed by atoms with Crippen LogP contribution >= 0.6 is 0 Å². The van der Waals surface area contributed by atoms with Crippen molar-refractivity contribution in [1.82, 2.24) is 5.32 Å². The molecule has 27 heavy (non-hydrogen) atoms. The van der Waals surface area contributed by atoms with Crippen molar-refractivity contribution in [2.45, 2.75) is 65.5 Å². The lowest BCUT2D eigenvalue weighted by molar-refractivity contribution is -0.118. The van der Waals surface area contributed by atoms with Crippen molar-refractivity contribution in [2.24, 2.45) is 11.7 Å². The third-order valence-corrected chi connectivity index (χ3v) is 4.30. The highest BCUT2D eigenvalue weighted by Crippen LogP contribution is 2.16. The van der Waals surface area contributed by atoms with Gasteiger partial charge in [0.1, 0.15) is 11.8 Å². The maximum Gasteiger partial charge on any atom is 0.252 e. The summed E-state index contributed by atoms with van der Waals surface area (Å²) in [6.45, 7) is 12.2. The van der Waals surface area contributed by atoms with Gasteiger partial charge in [0.25, 0.3) is 5.91 Å². The lowest BCUT2D eigenvalue weighted by Gasteiger charge is -2.30. The third kappa shape index (κ3) is 9.73. The van der Waals surface area contributed by atoms with E-state index in [4.69, 9.17) is 16.9 Å². The Hall–Kier alpha value is -2.43. The van der Waals surface area contributed by atoms with Crippen molar-refractivity contribution in [3.8, 4) is 24.2 Å². The molecule has 1 amide bonds. The molecule has 0 aliphatic heterocycles. The van der Waals surface area contributed by atoms with Crippen molar-refractivity contribution in [3.63, 3.8) is 0 Å². The maximum absolute atomic E-state index is 12.7. The predicted octanol–water partition coefficient (Wildman–Crippen LogP) is 3.70. The highest BCUT2D eigenvalue weighted by molar-refractivity contribution is 5.97. The second-order valence-electron chi connectivity index (χ2n) is 6.30. The topological polar surface area (TPSA) is 64.3 Å². The summed E-state index contributed by atoms with van der Waals surface area (Å²) in [6.07, 6.45) is 14.0. The van der Waals surface area contributed by atoms with Crippen molar-refractivity contribution in [3.05, 3.63) is 36.1 Å². The number of terminal acetylenes is 1. The van der Waals surface area contributed by atoms with E-state index in [9.17, 15) is 4.79 Å². The van der Waals surface area contributed by atoms with E-state index < -0.39 is 6.04 Å². The van der Waals surface area contributed by atoms with Gasteiger partial charge in [-0.15, -0.1) is 18.3 Å². The van der Waals surface area contributed by atoms with E-state index >= 15 is 0 Å². The van der Waals surface area contributed by atoms with Gasteiger partial charge in [-0.25, -0.2) is 0 Å². The Kier molecular flexibility index (Phi) is 13.4. The Morgan fingerprint density at radius 3 is 2.67 bits per heavy atom. The molecule has 148 valence electrons. The van der Waals surface area contributed by atoms with Gasteiger partial charge >= 0.3 is 0 Å². The lowest BCUT2D eigenvalue weighted by Crippen LogP contribution is -2.52. The minimum absolute atomic E-state index is 0.197. The molecule has 0 bridgehead atoms. The Labute approximate surface area is 165 Å². The fraction of sp³-hybridized carbons (Fsp3) is 0.522. The molecule has 0 aliphatic rings. The first-order valence-corrected chi connectivity index (χ1v) is 9.53. The summed E-state index contributed by atoms with van der Waals surface area (Å²) >= 11 is 0. The van der Waals surface area contributed by atoms with Gasteiger partial charge in [-0.1, -0.05) is 44.9 Å². The van der Waals surface area contributed by atoms with Crippen LogP contribution in [0.25, 0.3) is 0 Å². The summed E-state index contributed by atoms with van der Waals surface area (Å²) in [5.74, 6) is 8.67. The first-order valence-electron chi connectivity index (χ1n) is 9.53. The molecule has 3 atom stereocenters. The van der Waals surface area contributed by atoms with E-state index in [1.165, 1.54) is 6.08 Å². The number of allylic oxidation sites excluding steroid dienone is 2. The number of hydrogen-bond acceptors (Lipinski definition) is 3. The summed E-state index contributed by atoms with van der Waals surface area (Å²) in [5.41, 5.74) is 6.75.